The second kappa shape index (κ2) is 51.7. The number of carbonyl (C=O) groups excluding carboxylic acids is 2. The van der Waals surface area contributed by atoms with Gasteiger partial charge in [0.2, 0.25) is 0 Å². The number of ether oxygens (including phenoxy) is 2. The quantitative estimate of drug-likeness (QED) is 0.0375. The smallest absolute Gasteiger partial charge is 0.306 e. The van der Waals surface area contributed by atoms with E-state index >= 15 is 0 Å². The van der Waals surface area contributed by atoms with Gasteiger partial charge in [-0.25, -0.2) is 0 Å². The Labute approximate surface area is 378 Å². The maximum absolute atomic E-state index is 12.3. The number of rotatable bonds is 47. The summed E-state index contributed by atoms with van der Waals surface area (Å²) in [6.07, 6.45) is 69.9. The third-order valence-electron chi connectivity index (χ3n) is 11.3. The van der Waals surface area contributed by atoms with Crippen LogP contribution in [0.25, 0.3) is 0 Å². The molecule has 0 aliphatic rings. The van der Waals surface area contributed by atoms with Gasteiger partial charge in [0.05, 0.1) is 6.61 Å². The van der Waals surface area contributed by atoms with Crippen molar-refractivity contribution in [3.8, 4) is 0 Å². The molecule has 0 aliphatic carbocycles. The molecule has 0 heterocycles. The zero-order valence-corrected chi connectivity index (χ0v) is 40.2. The minimum atomic E-state index is -0.776. The Hall–Kier alpha value is -2.66. The monoisotopic (exact) mass is 851 g/mol. The first-order valence-corrected chi connectivity index (χ1v) is 26.0. The van der Waals surface area contributed by atoms with Crippen molar-refractivity contribution in [3.05, 3.63) is 72.9 Å². The number of aliphatic hydroxyl groups is 1. The summed E-state index contributed by atoms with van der Waals surface area (Å²) in [6, 6.07) is 0. The number of esters is 2. The first-order valence-electron chi connectivity index (χ1n) is 26.0. The summed E-state index contributed by atoms with van der Waals surface area (Å²) >= 11 is 0. The van der Waals surface area contributed by atoms with Crippen molar-refractivity contribution < 1.29 is 24.2 Å². The molecule has 61 heavy (non-hydrogen) atoms. The molecule has 0 rings (SSSR count). The van der Waals surface area contributed by atoms with Crippen LogP contribution in [-0.2, 0) is 19.1 Å². The second-order valence-corrected chi connectivity index (χ2v) is 17.2. The highest BCUT2D eigenvalue weighted by Gasteiger charge is 2.16. The zero-order chi connectivity index (χ0) is 44.2. The highest BCUT2D eigenvalue weighted by atomic mass is 16.6. The fourth-order valence-electron chi connectivity index (χ4n) is 7.38. The molecule has 0 aliphatic heterocycles. The molecule has 5 heteroatoms. The number of unbranched alkanes of at least 4 members (excludes halogenated alkanes) is 27. The van der Waals surface area contributed by atoms with Crippen molar-refractivity contribution in [2.24, 2.45) is 0 Å². The number of allylic oxidation sites excluding steroid dienone is 12. The van der Waals surface area contributed by atoms with Crippen LogP contribution in [0.1, 0.15) is 251 Å². The van der Waals surface area contributed by atoms with Gasteiger partial charge >= 0.3 is 11.9 Å². The summed E-state index contributed by atoms with van der Waals surface area (Å²) in [4.78, 5) is 24.5. The number of aliphatic hydroxyl groups excluding tert-OH is 1. The average molecular weight is 851 g/mol. The fourth-order valence-corrected chi connectivity index (χ4v) is 7.38. The molecule has 1 unspecified atom stereocenters. The lowest BCUT2D eigenvalue weighted by Gasteiger charge is -2.15. The van der Waals surface area contributed by atoms with Gasteiger partial charge in [0.15, 0.2) is 6.10 Å². The van der Waals surface area contributed by atoms with Crippen LogP contribution in [0.4, 0.5) is 0 Å². The lowest BCUT2D eigenvalue weighted by Crippen LogP contribution is -2.28. The highest BCUT2D eigenvalue weighted by Crippen LogP contribution is 2.16. The van der Waals surface area contributed by atoms with Crippen molar-refractivity contribution in [1.82, 2.24) is 0 Å². The molecule has 352 valence electrons. The predicted molar refractivity (Wildman–Crippen MR) is 265 cm³/mol. The first kappa shape index (κ1) is 58.3. The van der Waals surface area contributed by atoms with Gasteiger partial charge in [0, 0.05) is 12.8 Å². The molecule has 0 saturated carbocycles. The van der Waals surface area contributed by atoms with Crippen LogP contribution < -0.4 is 0 Å². The van der Waals surface area contributed by atoms with Gasteiger partial charge in [0.25, 0.3) is 0 Å². The zero-order valence-electron chi connectivity index (χ0n) is 40.2. The third-order valence-corrected chi connectivity index (χ3v) is 11.3. The molecule has 0 aromatic heterocycles. The van der Waals surface area contributed by atoms with E-state index in [0.717, 1.165) is 77.0 Å². The maximum Gasteiger partial charge on any atom is 0.306 e. The Morgan fingerprint density at radius 2 is 0.705 bits per heavy atom. The largest absolute Gasteiger partial charge is 0.462 e. The van der Waals surface area contributed by atoms with E-state index in [1.807, 2.05) is 0 Å². The average Bonchev–Trinajstić information content (AvgIpc) is 3.26. The molecule has 0 radical (unpaired) electrons. The van der Waals surface area contributed by atoms with E-state index in [2.05, 4.69) is 86.8 Å². The van der Waals surface area contributed by atoms with Crippen LogP contribution >= 0.6 is 0 Å². The van der Waals surface area contributed by atoms with E-state index < -0.39 is 6.10 Å². The standard InChI is InChI=1S/C56H98O5/c1-3-5-7-9-11-13-15-17-19-21-23-24-25-26-27-28-29-30-31-32-33-35-37-39-41-43-45-47-49-51-56(59)61-54(52-57)53-60-55(58)50-48-46-44-42-40-38-36-34-22-20-18-16-14-12-10-8-6-4-2/h5,7,11,13,17,19,23-24,26-27,29-30,54,57H,3-4,6,8-10,12,14-16,18,20-22,25,28,31-53H2,1-2H3/b7-5-,13-11-,19-17-,24-23-,27-26-,30-29-. The molecule has 0 saturated heterocycles. The SMILES string of the molecule is CC/C=C\C/C=C\C/C=C\C/C=C\C/C=C\C/C=C\CCCCCCCCCCCCC(=O)OC(CO)COC(=O)CCCCCCCCCCCCCCCCCCCC. The fraction of sp³-hybridized carbons (Fsp3) is 0.750. The van der Waals surface area contributed by atoms with Crippen LogP contribution in [0, 0.1) is 0 Å². The van der Waals surface area contributed by atoms with Gasteiger partial charge in [0.1, 0.15) is 6.61 Å². The van der Waals surface area contributed by atoms with Crippen LogP contribution in [-0.4, -0.2) is 36.4 Å². The van der Waals surface area contributed by atoms with Crippen LogP contribution in [0.2, 0.25) is 0 Å². The lowest BCUT2D eigenvalue weighted by molar-refractivity contribution is -0.161. The van der Waals surface area contributed by atoms with Gasteiger partial charge < -0.3 is 14.6 Å². The van der Waals surface area contributed by atoms with Crippen molar-refractivity contribution >= 4 is 11.9 Å². The van der Waals surface area contributed by atoms with E-state index in [1.54, 1.807) is 0 Å². The molecule has 0 amide bonds. The third kappa shape index (κ3) is 49.9. The molecule has 0 bridgehead atoms. The number of carbonyl (C=O) groups is 2. The van der Waals surface area contributed by atoms with E-state index in [1.165, 1.54) is 148 Å². The summed E-state index contributed by atoms with van der Waals surface area (Å²) in [7, 11) is 0. The highest BCUT2D eigenvalue weighted by molar-refractivity contribution is 5.70. The summed E-state index contributed by atoms with van der Waals surface area (Å²) in [5.41, 5.74) is 0. The topological polar surface area (TPSA) is 72.8 Å². The maximum atomic E-state index is 12.3. The Balaban J connectivity index is 3.52. The van der Waals surface area contributed by atoms with Crippen molar-refractivity contribution in [2.75, 3.05) is 13.2 Å². The van der Waals surface area contributed by atoms with E-state index in [0.29, 0.717) is 12.8 Å². The van der Waals surface area contributed by atoms with E-state index in [4.69, 9.17) is 9.47 Å². The minimum Gasteiger partial charge on any atom is -0.462 e. The first-order chi connectivity index (χ1) is 30.1. The number of hydrogen-bond donors (Lipinski definition) is 1. The molecular formula is C56H98O5. The minimum absolute atomic E-state index is 0.0668. The van der Waals surface area contributed by atoms with Gasteiger partial charge in [-0.2, -0.15) is 0 Å². The normalized spacial score (nSPS) is 12.8. The Morgan fingerprint density at radius 1 is 0.393 bits per heavy atom. The van der Waals surface area contributed by atoms with Crippen molar-refractivity contribution in [1.29, 1.82) is 0 Å². The Morgan fingerprint density at radius 3 is 1.07 bits per heavy atom. The summed E-state index contributed by atoms with van der Waals surface area (Å²) < 4.78 is 10.7. The summed E-state index contributed by atoms with van der Waals surface area (Å²) in [5, 5.41) is 9.63. The van der Waals surface area contributed by atoms with Gasteiger partial charge in [-0.05, 0) is 64.2 Å². The van der Waals surface area contributed by atoms with E-state index in [-0.39, 0.29) is 25.2 Å². The van der Waals surface area contributed by atoms with Gasteiger partial charge in [-0.1, -0.05) is 247 Å². The molecule has 1 atom stereocenters. The summed E-state index contributed by atoms with van der Waals surface area (Å²) in [5.74, 6) is -0.588. The van der Waals surface area contributed by atoms with Crippen molar-refractivity contribution in [2.45, 2.75) is 258 Å². The van der Waals surface area contributed by atoms with Crippen LogP contribution in [0.15, 0.2) is 72.9 Å². The lowest BCUT2D eigenvalue weighted by atomic mass is 10.0. The van der Waals surface area contributed by atoms with E-state index in [9.17, 15) is 14.7 Å². The van der Waals surface area contributed by atoms with Crippen LogP contribution in [0.5, 0.6) is 0 Å². The number of hydrogen-bond acceptors (Lipinski definition) is 5. The summed E-state index contributed by atoms with van der Waals surface area (Å²) in [6.45, 7) is 4.05. The molecule has 0 aromatic rings. The van der Waals surface area contributed by atoms with Crippen LogP contribution in [0.3, 0.4) is 0 Å². The predicted octanol–water partition coefficient (Wildman–Crippen LogP) is 17.2. The molecule has 0 fully saturated rings. The molecular weight excluding hydrogens is 753 g/mol. The van der Waals surface area contributed by atoms with Crippen molar-refractivity contribution in [3.63, 3.8) is 0 Å². The van der Waals surface area contributed by atoms with Gasteiger partial charge in [-0.3, -0.25) is 9.59 Å². The Kier molecular flexibility index (Phi) is 49.4. The van der Waals surface area contributed by atoms with Gasteiger partial charge in [-0.15, -0.1) is 0 Å². The molecule has 1 N–H and O–H groups in total. The molecule has 0 aromatic carbocycles. The second-order valence-electron chi connectivity index (χ2n) is 17.2. The molecule has 0 spiro atoms. The Bertz CT molecular complexity index is 1100. The molecule has 5 nitrogen and oxygen atoms in total.